The molecule has 5 heterocycles. The Bertz CT molecular complexity index is 1450. The van der Waals surface area contributed by atoms with Gasteiger partial charge >= 0.3 is 0 Å². The zero-order chi connectivity index (χ0) is 25.4. The van der Waals surface area contributed by atoms with E-state index in [1.54, 1.807) is 29.6 Å². The van der Waals surface area contributed by atoms with Gasteiger partial charge in [-0.25, -0.2) is 8.78 Å². The first-order valence-corrected chi connectivity index (χ1v) is 12.4. The third kappa shape index (κ3) is 5.21. The fourth-order valence-electron chi connectivity index (χ4n) is 4.90. The first-order valence-electron chi connectivity index (χ1n) is 12.4. The first kappa shape index (κ1) is 23.6. The summed E-state index contributed by atoms with van der Waals surface area (Å²) in [5.41, 5.74) is 5.20. The van der Waals surface area contributed by atoms with Crippen LogP contribution < -0.4 is 5.32 Å². The van der Waals surface area contributed by atoms with Gasteiger partial charge in [0, 0.05) is 61.3 Å². The Morgan fingerprint density at radius 2 is 1.92 bits per heavy atom. The molecule has 37 heavy (non-hydrogen) atoms. The Labute approximate surface area is 212 Å². The lowest BCUT2D eigenvalue weighted by Crippen LogP contribution is -2.36. The van der Waals surface area contributed by atoms with Crippen molar-refractivity contribution < 1.29 is 13.6 Å². The lowest BCUT2D eigenvalue weighted by molar-refractivity contribution is 0.0115. The molecule has 0 spiro atoms. The van der Waals surface area contributed by atoms with Crippen LogP contribution in [0.2, 0.25) is 0 Å². The van der Waals surface area contributed by atoms with E-state index in [0.29, 0.717) is 29.9 Å². The highest BCUT2D eigenvalue weighted by atomic mass is 19.3. The number of carbonyl (C=O) groups is 1. The molecule has 4 aromatic rings. The molecule has 2 fully saturated rings. The van der Waals surface area contributed by atoms with Crippen LogP contribution in [0.3, 0.4) is 0 Å². The van der Waals surface area contributed by atoms with E-state index in [0.717, 1.165) is 47.5 Å². The van der Waals surface area contributed by atoms with Crippen LogP contribution in [0.25, 0.3) is 22.0 Å². The Morgan fingerprint density at radius 1 is 1.03 bits per heavy atom. The lowest BCUT2D eigenvalue weighted by Gasteiger charge is -2.30. The van der Waals surface area contributed by atoms with E-state index in [-0.39, 0.29) is 18.9 Å². The number of fused-ring (bicyclic) bond motifs is 1. The molecule has 3 aromatic heterocycles. The van der Waals surface area contributed by atoms with E-state index in [2.05, 4.69) is 30.4 Å². The molecule has 0 atom stereocenters. The molecule has 6 rings (SSSR count). The number of hydrogen-bond acceptors (Lipinski definition) is 6. The molecule has 1 amide bonds. The van der Waals surface area contributed by atoms with E-state index >= 15 is 0 Å². The third-order valence-electron chi connectivity index (χ3n) is 6.97. The number of anilines is 1. The topological polar surface area (TPSA) is 90.0 Å². The fourth-order valence-corrected chi connectivity index (χ4v) is 4.90. The molecule has 0 radical (unpaired) electrons. The van der Waals surface area contributed by atoms with Crippen molar-refractivity contribution in [2.45, 2.75) is 31.9 Å². The predicted molar refractivity (Wildman–Crippen MR) is 136 cm³/mol. The summed E-state index contributed by atoms with van der Waals surface area (Å²) in [4.78, 5) is 25.9. The highest BCUT2D eigenvalue weighted by Gasteiger charge is 2.37. The summed E-state index contributed by atoms with van der Waals surface area (Å²) >= 11 is 0. The monoisotopic (exact) mass is 503 g/mol. The number of pyridine rings is 2. The SMILES string of the molecule is O=C(Nc1ccnc(CN2CCC2)c1)c1n[nH]c2ccc(-c3cncc(CN4CCC(F)(F)C4)c3)cc12. The Kier molecular flexibility index (Phi) is 6.13. The van der Waals surface area contributed by atoms with Gasteiger partial charge in [0.15, 0.2) is 5.69 Å². The molecule has 1 aromatic carbocycles. The van der Waals surface area contributed by atoms with Crippen molar-refractivity contribution in [3.63, 3.8) is 0 Å². The summed E-state index contributed by atoms with van der Waals surface area (Å²) in [6, 6.07) is 11.3. The summed E-state index contributed by atoms with van der Waals surface area (Å²) in [5.74, 6) is -2.94. The largest absolute Gasteiger partial charge is 0.320 e. The van der Waals surface area contributed by atoms with Crippen molar-refractivity contribution in [1.82, 2.24) is 30.0 Å². The highest BCUT2D eigenvalue weighted by Crippen LogP contribution is 2.29. The van der Waals surface area contributed by atoms with Gasteiger partial charge in [-0.05, 0) is 61.0 Å². The van der Waals surface area contributed by atoms with Crippen molar-refractivity contribution in [3.05, 3.63) is 71.9 Å². The minimum atomic E-state index is -2.62. The Hall–Kier alpha value is -3.76. The molecule has 0 saturated carbocycles. The number of nitrogens with zero attached hydrogens (tertiary/aromatic N) is 5. The number of nitrogens with one attached hydrogen (secondary N) is 2. The van der Waals surface area contributed by atoms with Crippen LogP contribution in [-0.2, 0) is 13.1 Å². The number of amides is 1. The lowest BCUT2D eigenvalue weighted by atomic mass is 10.0. The van der Waals surface area contributed by atoms with E-state index in [9.17, 15) is 13.6 Å². The number of H-pyrrole nitrogens is 1. The van der Waals surface area contributed by atoms with Gasteiger partial charge in [0.25, 0.3) is 11.8 Å². The molecule has 0 aliphatic carbocycles. The van der Waals surface area contributed by atoms with Gasteiger partial charge in [-0.15, -0.1) is 0 Å². The average molecular weight is 504 g/mol. The molecule has 2 saturated heterocycles. The number of benzene rings is 1. The van der Waals surface area contributed by atoms with E-state index in [1.165, 1.54) is 6.42 Å². The number of aromatic nitrogens is 4. The van der Waals surface area contributed by atoms with Crippen LogP contribution in [0.5, 0.6) is 0 Å². The molecule has 8 nitrogen and oxygen atoms in total. The maximum absolute atomic E-state index is 13.6. The molecule has 2 N–H and O–H groups in total. The maximum atomic E-state index is 13.6. The van der Waals surface area contributed by atoms with Crippen molar-refractivity contribution in [1.29, 1.82) is 0 Å². The zero-order valence-corrected chi connectivity index (χ0v) is 20.3. The molecular weight excluding hydrogens is 476 g/mol. The van der Waals surface area contributed by atoms with Gasteiger partial charge < -0.3 is 5.32 Å². The van der Waals surface area contributed by atoms with Crippen LogP contribution in [0.15, 0.2) is 55.0 Å². The molecular formula is C27H27F2N7O. The van der Waals surface area contributed by atoms with E-state index in [1.807, 2.05) is 30.3 Å². The minimum Gasteiger partial charge on any atom is -0.320 e. The molecule has 0 bridgehead atoms. The number of carbonyl (C=O) groups excluding carboxylic acids is 1. The number of aromatic amines is 1. The second kappa shape index (κ2) is 9.60. The second-order valence-electron chi connectivity index (χ2n) is 9.85. The van der Waals surface area contributed by atoms with Gasteiger partial charge in [0.1, 0.15) is 0 Å². The standard InChI is InChI=1S/C27H27F2N7O/c28-27(29)5-9-36(17-27)15-18-10-20(14-30-13-18)19-2-3-24-23(11-19)25(34-33-24)26(37)32-21-4-6-31-22(12-21)16-35-7-1-8-35/h2-4,6,10-14H,1,5,7-9,15-17H2,(H,33,34)(H,31,32,37). The van der Waals surface area contributed by atoms with Crippen molar-refractivity contribution in [2.75, 3.05) is 31.5 Å². The smallest absolute Gasteiger partial charge is 0.276 e. The summed E-state index contributed by atoms with van der Waals surface area (Å²) < 4.78 is 27.2. The Balaban J connectivity index is 1.21. The number of hydrogen-bond donors (Lipinski definition) is 2. The molecule has 10 heteroatoms. The van der Waals surface area contributed by atoms with Crippen LogP contribution >= 0.6 is 0 Å². The second-order valence-corrected chi connectivity index (χ2v) is 9.85. The van der Waals surface area contributed by atoms with Gasteiger partial charge in [-0.2, -0.15) is 5.10 Å². The van der Waals surface area contributed by atoms with Crippen LogP contribution in [0, 0.1) is 0 Å². The van der Waals surface area contributed by atoms with Gasteiger partial charge in [-0.3, -0.25) is 29.7 Å². The number of likely N-dealkylation sites (tertiary alicyclic amines) is 2. The quantitative estimate of drug-likeness (QED) is 0.391. The number of halogens is 2. The maximum Gasteiger partial charge on any atom is 0.276 e. The van der Waals surface area contributed by atoms with Crippen molar-refractivity contribution in [3.8, 4) is 11.1 Å². The van der Waals surface area contributed by atoms with Crippen molar-refractivity contribution >= 4 is 22.5 Å². The third-order valence-corrected chi connectivity index (χ3v) is 6.97. The van der Waals surface area contributed by atoms with Gasteiger partial charge in [0.05, 0.1) is 17.8 Å². The summed E-state index contributed by atoms with van der Waals surface area (Å²) in [6.07, 6.45) is 6.25. The minimum absolute atomic E-state index is 0.110. The van der Waals surface area contributed by atoms with Crippen LogP contribution in [0.4, 0.5) is 14.5 Å². The summed E-state index contributed by atoms with van der Waals surface area (Å²) in [6.45, 7) is 3.48. The van der Waals surface area contributed by atoms with Crippen LogP contribution in [-0.4, -0.2) is 68.0 Å². The van der Waals surface area contributed by atoms with E-state index in [4.69, 9.17) is 0 Å². The molecule has 190 valence electrons. The summed E-state index contributed by atoms with van der Waals surface area (Å²) in [5, 5.41) is 10.8. The number of rotatable bonds is 7. The molecule has 0 unspecified atom stereocenters. The Morgan fingerprint density at radius 3 is 2.70 bits per heavy atom. The number of alkyl halides is 2. The molecule has 2 aliphatic rings. The van der Waals surface area contributed by atoms with Crippen LogP contribution in [0.1, 0.15) is 34.6 Å². The summed E-state index contributed by atoms with van der Waals surface area (Å²) in [7, 11) is 0. The highest BCUT2D eigenvalue weighted by molar-refractivity contribution is 6.11. The average Bonchev–Trinajstić information content (AvgIpc) is 3.44. The molecule has 2 aliphatic heterocycles. The predicted octanol–water partition coefficient (Wildman–Crippen LogP) is 4.32. The first-order chi connectivity index (χ1) is 17.9. The van der Waals surface area contributed by atoms with Crippen molar-refractivity contribution in [2.24, 2.45) is 0 Å². The normalized spacial score (nSPS) is 17.7. The van der Waals surface area contributed by atoms with Gasteiger partial charge in [-0.1, -0.05) is 6.07 Å². The van der Waals surface area contributed by atoms with E-state index < -0.39 is 5.92 Å². The zero-order valence-electron chi connectivity index (χ0n) is 20.3. The fraction of sp³-hybridized carbons (Fsp3) is 0.333. The van der Waals surface area contributed by atoms with Gasteiger partial charge in [0.2, 0.25) is 0 Å².